The van der Waals surface area contributed by atoms with E-state index in [0.717, 1.165) is 31.0 Å². The Kier molecular flexibility index (Phi) is 5.60. The number of carboxylic acids is 1. The van der Waals surface area contributed by atoms with E-state index >= 15 is 0 Å². The van der Waals surface area contributed by atoms with Gasteiger partial charge in [-0.15, -0.1) is 0 Å². The first-order chi connectivity index (χ1) is 17.2. The van der Waals surface area contributed by atoms with Crippen LogP contribution in [-0.2, 0) is 9.59 Å². The molecule has 36 heavy (non-hydrogen) atoms. The van der Waals surface area contributed by atoms with Crippen molar-refractivity contribution in [1.82, 2.24) is 10.4 Å². The summed E-state index contributed by atoms with van der Waals surface area (Å²) in [5.74, 6) is 1.38. The van der Waals surface area contributed by atoms with Crippen molar-refractivity contribution in [3.05, 3.63) is 52.1 Å². The van der Waals surface area contributed by atoms with Crippen LogP contribution in [0.3, 0.4) is 0 Å². The third kappa shape index (κ3) is 3.89. The number of thiocarbonyl (C=S) groups is 1. The van der Waals surface area contributed by atoms with E-state index in [1.165, 1.54) is 24.3 Å². The highest BCUT2D eigenvalue weighted by Gasteiger charge is 2.55. The van der Waals surface area contributed by atoms with Crippen LogP contribution in [0.25, 0.3) is 17.4 Å². The summed E-state index contributed by atoms with van der Waals surface area (Å²) in [6, 6.07) is 8.49. The zero-order valence-electron chi connectivity index (χ0n) is 19.8. The topological polar surface area (TPSA) is 99.9 Å². The summed E-state index contributed by atoms with van der Waals surface area (Å²) in [5, 5.41) is 10.6. The summed E-state index contributed by atoms with van der Waals surface area (Å²) < 4.78 is 6.22. The Morgan fingerprint density at radius 1 is 1.14 bits per heavy atom. The van der Waals surface area contributed by atoms with Crippen molar-refractivity contribution in [1.29, 1.82) is 0 Å². The summed E-state index contributed by atoms with van der Waals surface area (Å²) in [5.41, 5.74) is 3.97. The van der Waals surface area contributed by atoms with E-state index in [2.05, 4.69) is 5.43 Å². The number of rotatable bonds is 5. The molecule has 2 N–H and O–H groups in total. The van der Waals surface area contributed by atoms with Gasteiger partial charge in [0.2, 0.25) is 5.91 Å². The summed E-state index contributed by atoms with van der Waals surface area (Å²) >= 11 is 6.56. The van der Waals surface area contributed by atoms with Gasteiger partial charge in [0.25, 0.3) is 5.91 Å². The molecule has 0 unspecified atom stereocenters. The van der Waals surface area contributed by atoms with Crippen molar-refractivity contribution < 1.29 is 23.9 Å². The van der Waals surface area contributed by atoms with Crippen LogP contribution < -0.4 is 5.43 Å². The van der Waals surface area contributed by atoms with Gasteiger partial charge in [0.1, 0.15) is 11.5 Å². The summed E-state index contributed by atoms with van der Waals surface area (Å²) in [6.07, 6.45) is 8.05. The number of carboxylic acid groups (broad SMARTS) is 1. The van der Waals surface area contributed by atoms with Crippen molar-refractivity contribution in [2.24, 2.45) is 23.2 Å². The number of thioether (sulfide) groups is 1. The lowest BCUT2D eigenvalue weighted by molar-refractivity contribution is -0.152. The fourth-order valence-corrected chi connectivity index (χ4v) is 8.17. The molecule has 0 radical (unpaired) electrons. The average molecular weight is 523 g/mol. The number of hydrazine groups is 1. The van der Waals surface area contributed by atoms with Crippen molar-refractivity contribution >= 4 is 52.2 Å². The molecule has 1 saturated heterocycles. The quantitative estimate of drug-likeness (QED) is 0.400. The number of carbonyl (C=O) groups is 3. The van der Waals surface area contributed by atoms with E-state index < -0.39 is 5.97 Å². The van der Waals surface area contributed by atoms with Gasteiger partial charge in [0.05, 0.1) is 15.9 Å². The number of benzene rings is 1. The third-order valence-electron chi connectivity index (χ3n) is 8.26. The van der Waals surface area contributed by atoms with Crippen molar-refractivity contribution in [2.45, 2.75) is 45.4 Å². The van der Waals surface area contributed by atoms with Crippen LogP contribution in [0.1, 0.15) is 60.2 Å². The maximum Gasteiger partial charge on any atom is 0.335 e. The molecular weight excluding hydrogens is 496 g/mol. The molecule has 2 heterocycles. The number of carbonyl (C=O) groups excluding carboxylic acids is 2. The van der Waals surface area contributed by atoms with Crippen LogP contribution in [0.2, 0.25) is 0 Å². The summed E-state index contributed by atoms with van der Waals surface area (Å²) in [4.78, 5) is 38.4. The molecule has 5 aliphatic rings. The highest BCUT2D eigenvalue weighted by Crippen LogP contribution is 2.60. The monoisotopic (exact) mass is 522 g/mol. The van der Waals surface area contributed by atoms with Gasteiger partial charge in [-0.2, -0.15) is 5.01 Å². The molecule has 0 spiro atoms. The average Bonchev–Trinajstić information content (AvgIpc) is 3.38. The molecule has 9 heteroatoms. The Hall–Kier alpha value is -2.91. The van der Waals surface area contributed by atoms with E-state index in [-0.39, 0.29) is 22.8 Å². The van der Waals surface area contributed by atoms with Crippen molar-refractivity contribution in [3.63, 3.8) is 0 Å². The van der Waals surface area contributed by atoms with Crippen LogP contribution in [0.4, 0.5) is 0 Å². The van der Waals surface area contributed by atoms with E-state index in [1.807, 2.05) is 0 Å². The number of amides is 2. The Morgan fingerprint density at radius 2 is 1.81 bits per heavy atom. The fourth-order valence-electron chi connectivity index (χ4n) is 7.01. The molecule has 2 amide bonds. The highest BCUT2D eigenvalue weighted by molar-refractivity contribution is 8.26. The maximum absolute atomic E-state index is 13.4. The molecule has 0 atom stereocenters. The summed E-state index contributed by atoms with van der Waals surface area (Å²) in [6.45, 7) is 1.73. The molecule has 4 saturated carbocycles. The number of hydrogen-bond acceptors (Lipinski definition) is 6. The third-order valence-corrected chi connectivity index (χ3v) is 9.56. The number of aromatic carboxylic acids is 1. The Balaban J connectivity index is 1.19. The Morgan fingerprint density at radius 3 is 2.44 bits per heavy atom. The first-order valence-electron chi connectivity index (χ1n) is 12.2. The van der Waals surface area contributed by atoms with Crippen LogP contribution >= 0.6 is 24.0 Å². The van der Waals surface area contributed by atoms with E-state index in [0.29, 0.717) is 49.6 Å². The molecule has 4 bridgehead atoms. The van der Waals surface area contributed by atoms with E-state index in [9.17, 15) is 19.5 Å². The second-order valence-corrected chi connectivity index (χ2v) is 12.3. The predicted molar refractivity (Wildman–Crippen MR) is 140 cm³/mol. The smallest absolute Gasteiger partial charge is 0.335 e. The molecule has 7 nitrogen and oxygen atoms in total. The highest BCUT2D eigenvalue weighted by atomic mass is 32.2. The first kappa shape index (κ1) is 23.5. The zero-order chi connectivity index (χ0) is 25.2. The van der Waals surface area contributed by atoms with Crippen molar-refractivity contribution in [2.75, 3.05) is 0 Å². The molecule has 5 fully saturated rings. The zero-order valence-corrected chi connectivity index (χ0v) is 21.4. The first-order valence-corrected chi connectivity index (χ1v) is 13.5. The van der Waals surface area contributed by atoms with E-state index in [1.54, 1.807) is 43.3 Å². The fraction of sp³-hybridized carbons (Fsp3) is 0.407. The lowest BCUT2D eigenvalue weighted by Gasteiger charge is -2.55. The molecule has 1 aliphatic heterocycles. The molecule has 4 aliphatic carbocycles. The minimum Gasteiger partial charge on any atom is -0.478 e. The molecule has 186 valence electrons. The van der Waals surface area contributed by atoms with Gasteiger partial charge in [-0.1, -0.05) is 23.9 Å². The largest absolute Gasteiger partial charge is 0.478 e. The van der Waals surface area contributed by atoms with Gasteiger partial charge in [-0.05, 0) is 99.2 Å². The Bertz CT molecular complexity index is 1310. The van der Waals surface area contributed by atoms with Gasteiger partial charge in [-0.3, -0.25) is 15.0 Å². The van der Waals surface area contributed by atoms with Crippen molar-refractivity contribution in [3.8, 4) is 11.3 Å². The molecular formula is C27H26N2O5S2. The number of nitrogens with one attached hydrogen (secondary N) is 1. The lowest BCUT2D eigenvalue weighted by Crippen LogP contribution is -2.57. The van der Waals surface area contributed by atoms with Gasteiger partial charge >= 0.3 is 5.97 Å². The van der Waals surface area contributed by atoms with Gasteiger partial charge < -0.3 is 9.52 Å². The number of furan rings is 1. The number of nitrogens with zero attached hydrogens (tertiary/aromatic N) is 1. The molecule has 2 aromatic rings. The van der Waals surface area contributed by atoms with Gasteiger partial charge in [0.15, 0.2) is 4.32 Å². The van der Waals surface area contributed by atoms with Crippen LogP contribution in [0, 0.1) is 30.1 Å². The van der Waals surface area contributed by atoms with Gasteiger partial charge in [0, 0.05) is 11.6 Å². The molecule has 7 rings (SSSR count). The number of hydrogen-bond donors (Lipinski definition) is 2. The standard InChI is InChI=1S/C27H26N2O5S2/c1-14-19(3-2-4-20(14)24(31)32)21-6-5-18(34-21)10-22-23(30)29(26(35)36-22)28-25(33)27-11-15-7-16(12-27)9-17(8-15)13-27/h2-6,10,15-17H,7-9,11-13H2,1H3,(H,28,33)(H,31,32)/b22-10-. The second kappa shape index (κ2) is 8.59. The van der Waals surface area contributed by atoms with E-state index in [4.69, 9.17) is 16.6 Å². The molecule has 1 aromatic carbocycles. The minimum atomic E-state index is -1.000. The lowest BCUT2D eigenvalue weighted by atomic mass is 9.49. The SMILES string of the molecule is Cc1c(C(=O)O)cccc1-c1ccc(/C=C2\SC(=S)N(NC(=O)C34CC5CC(CC(C5)C3)C4)C2=O)o1. The predicted octanol–water partition coefficient (Wildman–Crippen LogP) is 5.40. The second-order valence-electron chi connectivity index (χ2n) is 10.6. The Labute approximate surface area is 218 Å². The van der Waals surface area contributed by atoms with Crippen LogP contribution in [0.15, 0.2) is 39.7 Å². The van der Waals surface area contributed by atoms with Crippen LogP contribution in [0.5, 0.6) is 0 Å². The normalized spacial score (nSPS) is 29.9. The summed E-state index contributed by atoms with van der Waals surface area (Å²) in [7, 11) is 0. The molecule has 1 aromatic heterocycles. The van der Waals surface area contributed by atoms with Gasteiger partial charge in [-0.25, -0.2) is 4.79 Å². The van der Waals surface area contributed by atoms with Crippen LogP contribution in [-0.4, -0.2) is 32.2 Å². The maximum atomic E-state index is 13.4. The minimum absolute atomic E-state index is 0.0757.